The maximum Gasteiger partial charge on any atom is 0.305 e. The number of benzene rings is 1. The summed E-state index contributed by atoms with van der Waals surface area (Å²) in [7, 11) is 0. The molecule has 3 rings (SSSR count). The van der Waals surface area contributed by atoms with E-state index in [-0.39, 0.29) is 4.87 Å². The van der Waals surface area contributed by atoms with E-state index >= 15 is 0 Å². The fourth-order valence-corrected chi connectivity index (χ4v) is 2.64. The minimum Gasteiger partial charge on any atom is -0.307 e. The molecule has 0 saturated heterocycles. The van der Waals surface area contributed by atoms with Crippen LogP contribution in [0.3, 0.4) is 0 Å². The predicted molar refractivity (Wildman–Crippen MR) is 74.6 cm³/mol. The van der Waals surface area contributed by atoms with Crippen molar-refractivity contribution in [1.82, 2.24) is 4.98 Å². The summed E-state index contributed by atoms with van der Waals surface area (Å²) in [6.45, 7) is 0. The van der Waals surface area contributed by atoms with Crippen molar-refractivity contribution < 1.29 is 0 Å². The lowest BCUT2D eigenvalue weighted by atomic mass is 10.2. The van der Waals surface area contributed by atoms with Crippen LogP contribution in [-0.4, -0.2) is 4.98 Å². The number of thiazole rings is 1. The zero-order valence-electron chi connectivity index (χ0n) is 9.44. The molecular formula is C11H7N5OS2. The molecule has 0 fully saturated rings. The first-order valence-electron chi connectivity index (χ1n) is 5.28. The predicted octanol–water partition coefficient (Wildman–Crippen LogP) is 1.45. The van der Waals surface area contributed by atoms with E-state index in [0.717, 1.165) is 26.7 Å². The van der Waals surface area contributed by atoms with Crippen LogP contribution in [0.2, 0.25) is 0 Å². The lowest BCUT2D eigenvalue weighted by Crippen LogP contribution is -2.08. The number of nitrogens with zero attached hydrogens (tertiary/aromatic N) is 4. The topological polar surface area (TPSA) is 82.3 Å². The van der Waals surface area contributed by atoms with Crippen molar-refractivity contribution in [2.24, 2.45) is 20.7 Å². The van der Waals surface area contributed by atoms with Gasteiger partial charge in [0.2, 0.25) is 5.82 Å². The number of thiol groups is 1. The number of rotatable bonds is 1. The Kier molecular flexibility index (Phi) is 3.10. The van der Waals surface area contributed by atoms with Crippen LogP contribution in [-0.2, 0) is 0 Å². The highest BCUT2D eigenvalue weighted by Gasteiger charge is 2.01. The van der Waals surface area contributed by atoms with Gasteiger partial charge in [-0.25, -0.2) is 0 Å². The normalized spacial score (nSPS) is 13.2. The Morgan fingerprint density at radius 2 is 1.84 bits per heavy atom. The Bertz CT molecular complexity index is 824. The summed E-state index contributed by atoms with van der Waals surface area (Å²) in [6, 6.07) is 7.56. The summed E-state index contributed by atoms with van der Waals surface area (Å²) in [6.07, 6.45) is 1.89. The summed E-state index contributed by atoms with van der Waals surface area (Å²) < 4.78 is 0. The van der Waals surface area contributed by atoms with Crippen molar-refractivity contribution in [3.63, 3.8) is 0 Å². The van der Waals surface area contributed by atoms with Crippen LogP contribution in [0.4, 0.5) is 0 Å². The fraction of sp³-hybridized carbons (Fsp3) is 0. The van der Waals surface area contributed by atoms with E-state index < -0.39 is 0 Å². The highest BCUT2D eigenvalue weighted by atomic mass is 32.1. The molecule has 1 aromatic carbocycles. The van der Waals surface area contributed by atoms with Gasteiger partial charge in [0.1, 0.15) is 0 Å². The van der Waals surface area contributed by atoms with Crippen LogP contribution in [0.1, 0.15) is 4.88 Å². The second kappa shape index (κ2) is 4.90. The monoisotopic (exact) mass is 289 g/mol. The SMILES string of the molecule is O=c1[nH]c(S)c(C=c2ccc(=C3N=NN=N3)cc2)s1. The van der Waals surface area contributed by atoms with E-state index in [2.05, 4.69) is 38.3 Å². The van der Waals surface area contributed by atoms with Gasteiger partial charge in [0, 0.05) is 5.22 Å². The number of hydrogen-bond donors (Lipinski definition) is 2. The first-order valence-corrected chi connectivity index (χ1v) is 6.55. The van der Waals surface area contributed by atoms with Crippen LogP contribution in [0.25, 0.3) is 11.9 Å². The lowest BCUT2D eigenvalue weighted by molar-refractivity contribution is 1.06. The fourth-order valence-electron chi connectivity index (χ4n) is 1.57. The summed E-state index contributed by atoms with van der Waals surface area (Å²) in [4.78, 5) is 14.5. The largest absolute Gasteiger partial charge is 0.307 e. The molecule has 1 aliphatic heterocycles. The van der Waals surface area contributed by atoms with Gasteiger partial charge in [0.25, 0.3) is 0 Å². The summed E-state index contributed by atoms with van der Waals surface area (Å²) in [5.74, 6) is 0.493. The Morgan fingerprint density at radius 3 is 2.42 bits per heavy atom. The van der Waals surface area contributed by atoms with E-state index in [0.29, 0.717) is 10.8 Å². The third kappa shape index (κ3) is 2.54. The molecule has 0 atom stereocenters. The van der Waals surface area contributed by atoms with Crippen molar-refractivity contribution in [2.45, 2.75) is 5.03 Å². The minimum absolute atomic E-state index is 0.116. The van der Waals surface area contributed by atoms with Crippen LogP contribution in [0.5, 0.6) is 0 Å². The van der Waals surface area contributed by atoms with E-state index in [1.807, 2.05) is 30.3 Å². The highest BCUT2D eigenvalue weighted by Crippen LogP contribution is 2.13. The first kappa shape index (κ1) is 12.0. The molecule has 0 radical (unpaired) electrons. The summed E-state index contributed by atoms with van der Waals surface area (Å²) in [5.41, 5.74) is 0. The van der Waals surface area contributed by atoms with Crippen molar-refractivity contribution in [3.05, 3.63) is 49.2 Å². The molecule has 2 heterocycles. The number of aromatic nitrogens is 1. The number of aromatic amines is 1. The number of nitrogens with one attached hydrogen (secondary N) is 1. The van der Waals surface area contributed by atoms with Crippen LogP contribution >= 0.6 is 24.0 Å². The average molecular weight is 289 g/mol. The van der Waals surface area contributed by atoms with Crippen LogP contribution in [0, 0.1) is 0 Å². The molecular weight excluding hydrogens is 282 g/mol. The molecule has 0 amide bonds. The third-order valence-corrected chi connectivity index (χ3v) is 3.78. The van der Waals surface area contributed by atoms with Gasteiger partial charge in [-0.3, -0.25) is 4.79 Å². The molecule has 8 heteroatoms. The van der Waals surface area contributed by atoms with Gasteiger partial charge < -0.3 is 4.98 Å². The minimum atomic E-state index is -0.116. The zero-order valence-corrected chi connectivity index (χ0v) is 11.2. The van der Waals surface area contributed by atoms with Crippen molar-refractivity contribution in [3.8, 4) is 0 Å². The summed E-state index contributed by atoms with van der Waals surface area (Å²) >= 11 is 5.33. The van der Waals surface area contributed by atoms with Gasteiger partial charge >= 0.3 is 4.87 Å². The van der Waals surface area contributed by atoms with E-state index in [9.17, 15) is 4.79 Å². The molecule has 0 bridgehead atoms. The lowest BCUT2D eigenvalue weighted by Gasteiger charge is -1.90. The van der Waals surface area contributed by atoms with E-state index in [1.54, 1.807) is 0 Å². The third-order valence-electron chi connectivity index (χ3n) is 2.44. The Labute approximate surface area is 116 Å². The molecule has 19 heavy (non-hydrogen) atoms. The molecule has 0 unspecified atom stereocenters. The van der Waals surface area contributed by atoms with Gasteiger partial charge in [0.15, 0.2) is 0 Å². The quantitative estimate of drug-likeness (QED) is 0.765. The van der Waals surface area contributed by atoms with E-state index in [1.165, 1.54) is 0 Å². The Hall–Kier alpha value is -2.06. The average Bonchev–Trinajstić information content (AvgIpc) is 3.01. The van der Waals surface area contributed by atoms with Gasteiger partial charge in [-0.1, -0.05) is 35.6 Å². The molecule has 0 spiro atoms. The Balaban J connectivity index is 2.06. The van der Waals surface area contributed by atoms with Crippen LogP contribution in [0.15, 0.2) is 54.8 Å². The molecule has 94 valence electrons. The molecule has 6 nitrogen and oxygen atoms in total. The molecule has 0 saturated carbocycles. The van der Waals surface area contributed by atoms with Gasteiger partial charge in [-0.15, -0.1) is 22.9 Å². The molecule has 1 aliphatic rings. The molecule has 0 aliphatic carbocycles. The van der Waals surface area contributed by atoms with Crippen LogP contribution < -0.4 is 15.3 Å². The van der Waals surface area contributed by atoms with Crippen molar-refractivity contribution in [2.75, 3.05) is 0 Å². The van der Waals surface area contributed by atoms with Gasteiger partial charge in [-0.2, -0.15) is 0 Å². The number of H-pyrrole nitrogens is 1. The maximum atomic E-state index is 11.2. The second-order valence-corrected chi connectivity index (χ2v) is 5.16. The Morgan fingerprint density at radius 1 is 1.16 bits per heavy atom. The molecule has 2 aromatic rings. The summed E-state index contributed by atoms with van der Waals surface area (Å²) in [5, 5.41) is 16.8. The number of hydrogen-bond acceptors (Lipinski definition) is 7. The zero-order chi connectivity index (χ0) is 13.2. The van der Waals surface area contributed by atoms with Gasteiger partial charge in [-0.05, 0) is 21.7 Å². The standard InChI is InChI=1S/C11H7N5OS2/c17-11-12-10(18)8(19-11)5-6-1-3-7(4-2-6)9-13-15-16-14-9/h1-5,18H,(H,12,17). The van der Waals surface area contributed by atoms with Crippen molar-refractivity contribution in [1.29, 1.82) is 0 Å². The first-order chi connectivity index (χ1) is 9.22. The molecule has 1 aromatic heterocycles. The maximum absolute atomic E-state index is 11.2. The van der Waals surface area contributed by atoms with Gasteiger partial charge in [0.05, 0.1) is 9.90 Å². The highest BCUT2D eigenvalue weighted by molar-refractivity contribution is 7.80. The smallest absolute Gasteiger partial charge is 0.305 e. The molecule has 1 N–H and O–H groups in total. The van der Waals surface area contributed by atoms with Crippen molar-refractivity contribution >= 4 is 35.9 Å². The second-order valence-electron chi connectivity index (χ2n) is 3.70. The van der Waals surface area contributed by atoms with E-state index in [4.69, 9.17) is 0 Å².